The first-order valence-corrected chi connectivity index (χ1v) is 9.77. The molecule has 1 aliphatic heterocycles. The van der Waals surface area contributed by atoms with E-state index < -0.39 is 0 Å². The van der Waals surface area contributed by atoms with Crippen LogP contribution >= 0.6 is 22.9 Å². The lowest BCUT2D eigenvalue weighted by molar-refractivity contribution is 0.247. The molecule has 0 saturated carbocycles. The largest absolute Gasteiger partial charge is 0.368 e. The molecule has 4 rings (SSSR count). The third-order valence-electron chi connectivity index (χ3n) is 4.52. The van der Waals surface area contributed by atoms with E-state index in [0.29, 0.717) is 0 Å². The average Bonchev–Trinajstić information content (AvgIpc) is 3.12. The Hall–Kier alpha value is -1.88. The molecular formula is C20H20ClN3S. The Kier molecular flexibility index (Phi) is 5.02. The summed E-state index contributed by atoms with van der Waals surface area (Å²) in [5, 5.41) is 4.12. The number of rotatable bonds is 4. The molecule has 0 amide bonds. The Labute approximate surface area is 157 Å². The molecule has 5 heteroatoms. The standard InChI is InChI=1S/C20H20ClN3S/c21-18-8-4-5-9-19(18)24-12-10-23(11-13-24)14-17-15-25-20(22-17)16-6-2-1-3-7-16/h1-9,15H,10-14H2. The molecule has 0 aliphatic carbocycles. The van der Waals surface area contributed by atoms with Crippen LogP contribution in [0.25, 0.3) is 10.6 Å². The molecule has 1 saturated heterocycles. The Bertz CT molecular complexity index is 826. The third kappa shape index (κ3) is 3.87. The van der Waals surface area contributed by atoms with Gasteiger partial charge in [-0.25, -0.2) is 4.98 Å². The summed E-state index contributed by atoms with van der Waals surface area (Å²) >= 11 is 8.05. The van der Waals surface area contributed by atoms with Crippen molar-refractivity contribution < 1.29 is 0 Å². The molecule has 3 nitrogen and oxygen atoms in total. The lowest BCUT2D eigenvalue weighted by Gasteiger charge is -2.36. The smallest absolute Gasteiger partial charge is 0.123 e. The van der Waals surface area contributed by atoms with E-state index in [0.717, 1.165) is 54.1 Å². The number of hydrogen-bond donors (Lipinski definition) is 0. The summed E-state index contributed by atoms with van der Waals surface area (Å²) in [6.45, 7) is 4.98. The molecule has 2 heterocycles. The molecule has 0 spiro atoms. The van der Waals surface area contributed by atoms with Crippen molar-refractivity contribution in [3.05, 3.63) is 70.7 Å². The number of aromatic nitrogens is 1. The maximum absolute atomic E-state index is 6.32. The summed E-state index contributed by atoms with van der Waals surface area (Å²) in [6.07, 6.45) is 0. The van der Waals surface area contributed by atoms with Crippen LogP contribution in [0.15, 0.2) is 60.0 Å². The van der Waals surface area contributed by atoms with E-state index in [-0.39, 0.29) is 0 Å². The zero-order chi connectivity index (χ0) is 17.1. The summed E-state index contributed by atoms with van der Waals surface area (Å²) < 4.78 is 0. The van der Waals surface area contributed by atoms with Gasteiger partial charge in [-0.3, -0.25) is 4.90 Å². The second-order valence-corrected chi connectivity index (χ2v) is 7.49. The van der Waals surface area contributed by atoms with Gasteiger partial charge in [-0.15, -0.1) is 11.3 Å². The van der Waals surface area contributed by atoms with Gasteiger partial charge in [-0.1, -0.05) is 54.1 Å². The van der Waals surface area contributed by atoms with E-state index in [1.807, 2.05) is 24.3 Å². The molecule has 1 aromatic heterocycles. The Morgan fingerprint density at radius 1 is 0.920 bits per heavy atom. The van der Waals surface area contributed by atoms with Crippen molar-refractivity contribution in [2.75, 3.05) is 31.1 Å². The van der Waals surface area contributed by atoms with Gasteiger partial charge in [-0.05, 0) is 12.1 Å². The first-order chi connectivity index (χ1) is 12.3. The summed E-state index contributed by atoms with van der Waals surface area (Å²) in [4.78, 5) is 9.65. The lowest BCUT2D eigenvalue weighted by Crippen LogP contribution is -2.46. The van der Waals surface area contributed by atoms with Crippen LogP contribution in [0.4, 0.5) is 5.69 Å². The fraction of sp³-hybridized carbons (Fsp3) is 0.250. The van der Waals surface area contributed by atoms with Gasteiger partial charge in [0.1, 0.15) is 5.01 Å². The van der Waals surface area contributed by atoms with Crippen LogP contribution in [-0.2, 0) is 6.54 Å². The number of anilines is 1. The van der Waals surface area contributed by atoms with E-state index in [2.05, 4.69) is 45.5 Å². The van der Waals surface area contributed by atoms with Gasteiger partial charge in [0.15, 0.2) is 0 Å². The first-order valence-electron chi connectivity index (χ1n) is 8.51. The van der Waals surface area contributed by atoms with Gasteiger partial charge in [0.05, 0.1) is 16.4 Å². The molecule has 128 valence electrons. The topological polar surface area (TPSA) is 19.4 Å². The highest BCUT2D eigenvalue weighted by Gasteiger charge is 2.19. The predicted molar refractivity (Wildman–Crippen MR) is 106 cm³/mol. The Balaban J connectivity index is 1.36. The second kappa shape index (κ2) is 7.56. The van der Waals surface area contributed by atoms with Crippen LogP contribution < -0.4 is 4.90 Å². The van der Waals surface area contributed by atoms with Crippen molar-refractivity contribution in [3.8, 4) is 10.6 Å². The summed E-state index contributed by atoms with van der Waals surface area (Å²) in [6, 6.07) is 18.5. The summed E-state index contributed by atoms with van der Waals surface area (Å²) in [5.74, 6) is 0. The average molecular weight is 370 g/mol. The lowest BCUT2D eigenvalue weighted by atomic mass is 10.2. The zero-order valence-corrected chi connectivity index (χ0v) is 15.5. The molecular weight excluding hydrogens is 350 g/mol. The third-order valence-corrected chi connectivity index (χ3v) is 5.78. The van der Waals surface area contributed by atoms with Crippen LogP contribution in [0.2, 0.25) is 5.02 Å². The predicted octanol–water partition coefficient (Wildman–Crippen LogP) is 4.79. The van der Waals surface area contributed by atoms with E-state index in [1.165, 1.54) is 5.56 Å². The molecule has 1 fully saturated rings. The minimum Gasteiger partial charge on any atom is -0.368 e. The fourth-order valence-electron chi connectivity index (χ4n) is 3.18. The van der Waals surface area contributed by atoms with Crippen LogP contribution in [0, 0.1) is 0 Å². The van der Waals surface area contributed by atoms with Crippen LogP contribution in [-0.4, -0.2) is 36.1 Å². The van der Waals surface area contributed by atoms with Crippen LogP contribution in [0.5, 0.6) is 0 Å². The van der Waals surface area contributed by atoms with Gasteiger partial charge >= 0.3 is 0 Å². The molecule has 1 aliphatic rings. The highest BCUT2D eigenvalue weighted by Crippen LogP contribution is 2.27. The minimum atomic E-state index is 0.836. The van der Waals surface area contributed by atoms with Crippen molar-refractivity contribution >= 4 is 28.6 Å². The molecule has 25 heavy (non-hydrogen) atoms. The molecule has 3 aromatic rings. The van der Waals surface area contributed by atoms with Gasteiger partial charge < -0.3 is 4.90 Å². The highest BCUT2D eigenvalue weighted by molar-refractivity contribution is 7.13. The van der Waals surface area contributed by atoms with Gasteiger partial charge in [0, 0.05) is 43.7 Å². The Morgan fingerprint density at radius 3 is 2.40 bits per heavy atom. The van der Waals surface area contributed by atoms with E-state index in [4.69, 9.17) is 16.6 Å². The number of nitrogens with zero attached hydrogens (tertiary/aromatic N) is 3. The normalized spacial score (nSPS) is 15.5. The minimum absolute atomic E-state index is 0.836. The van der Waals surface area contributed by atoms with E-state index in [9.17, 15) is 0 Å². The maximum atomic E-state index is 6.32. The van der Waals surface area contributed by atoms with Crippen molar-refractivity contribution in [2.45, 2.75) is 6.54 Å². The number of benzene rings is 2. The van der Waals surface area contributed by atoms with Gasteiger partial charge in [0.25, 0.3) is 0 Å². The number of halogens is 1. The quantitative estimate of drug-likeness (QED) is 0.659. The maximum Gasteiger partial charge on any atom is 0.123 e. The Morgan fingerprint density at radius 2 is 1.64 bits per heavy atom. The van der Waals surface area contributed by atoms with E-state index in [1.54, 1.807) is 11.3 Å². The van der Waals surface area contributed by atoms with Crippen LogP contribution in [0.3, 0.4) is 0 Å². The van der Waals surface area contributed by atoms with Crippen LogP contribution in [0.1, 0.15) is 5.69 Å². The monoisotopic (exact) mass is 369 g/mol. The van der Waals surface area contributed by atoms with Crippen molar-refractivity contribution in [1.29, 1.82) is 0 Å². The van der Waals surface area contributed by atoms with Crippen molar-refractivity contribution in [1.82, 2.24) is 9.88 Å². The molecule has 0 N–H and O–H groups in total. The fourth-order valence-corrected chi connectivity index (χ4v) is 4.25. The molecule has 0 unspecified atom stereocenters. The molecule has 0 atom stereocenters. The number of thiazole rings is 1. The van der Waals surface area contributed by atoms with E-state index >= 15 is 0 Å². The zero-order valence-electron chi connectivity index (χ0n) is 13.9. The number of para-hydroxylation sites is 1. The highest BCUT2D eigenvalue weighted by atomic mass is 35.5. The van der Waals surface area contributed by atoms with Crippen molar-refractivity contribution in [2.24, 2.45) is 0 Å². The van der Waals surface area contributed by atoms with Gasteiger partial charge in [-0.2, -0.15) is 0 Å². The second-order valence-electron chi connectivity index (χ2n) is 6.22. The van der Waals surface area contributed by atoms with Gasteiger partial charge in [0.2, 0.25) is 0 Å². The molecule has 0 radical (unpaired) electrons. The number of hydrogen-bond acceptors (Lipinski definition) is 4. The summed E-state index contributed by atoms with van der Waals surface area (Å²) in [7, 11) is 0. The molecule has 2 aromatic carbocycles. The summed E-state index contributed by atoms with van der Waals surface area (Å²) in [5.41, 5.74) is 3.50. The SMILES string of the molecule is Clc1ccccc1N1CCN(Cc2csc(-c3ccccc3)n2)CC1. The molecule has 0 bridgehead atoms. The van der Waals surface area contributed by atoms with Crippen molar-refractivity contribution in [3.63, 3.8) is 0 Å². The first kappa shape index (κ1) is 16.6. The number of piperazine rings is 1.